The molecule has 12 heteroatoms. The molecule has 182 valence electrons. The number of aliphatic hydroxyl groups excluding tert-OH is 1. The monoisotopic (exact) mass is 457 g/mol. The van der Waals surface area contributed by atoms with Crippen LogP contribution in [0.3, 0.4) is 0 Å². The molecule has 0 radical (unpaired) electrons. The molecular formula is C20H35N5O7. The molecule has 0 unspecified atom stereocenters. The standard InChI is InChI=1S/C20H35N5O7/c1-19(2,8-5-17(27)28)31-13-9-20(3,4)32-14-10-21-18(29)30-12-7-16-24-22-15(6-11-26)23-25-16/h26H,5-14H2,1-4H3,(H,21,29)(H,27,28). The van der Waals surface area contributed by atoms with Crippen LogP contribution in [0.25, 0.3) is 0 Å². The third-order valence-electron chi connectivity index (χ3n) is 4.46. The van der Waals surface area contributed by atoms with Gasteiger partial charge in [0, 0.05) is 25.8 Å². The number of hydrogen-bond donors (Lipinski definition) is 3. The number of carbonyl (C=O) groups is 2. The van der Waals surface area contributed by atoms with Gasteiger partial charge in [-0.25, -0.2) is 4.79 Å². The van der Waals surface area contributed by atoms with Crippen LogP contribution in [0.5, 0.6) is 0 Å². The van der Waals surface area contributed by atoms with E-state index in [1.807, 2.05) is 27.7 Å². The molecule has 1 aromatic heterocycles. The lowest BCUT2D eigenvalue weighted by Gasteiger charge is -2.29. The SMILES string of the molecule is CC(C)(CCOC(C)(C)CCC(=O)O)OCCNC(=O)OCCc1nnc(CCO)nn1. The molecule has 1 amide bonds. The average molecular weight is 458 g/mol. The number of carboxylic acids is 1. The molecule has 0 fully saturated rings. The van der Waals surface area contributed by atoms with E-state index in [2.05, 4.69) is 25.7 Å². The van der Waals surface area contributed by atoms with Gasteiger partial charge in [-0.2, -0.15) is 0 Å². The highest BCUT2D eigenvalue weighted by molar-refractivity contribution is 5.67. The van der Waals surface area contributed by atoms with Gasteiger partial charge in [0.1, 0.15) is 6.61 Å². The lowest BCUT2D eigenvalue weighted by Crippen LogP contribution is -2.34. The van der Waals surface area contributed by atoms with Gasteiger partial charge in [0.15, 0.2) is 11.6 Å². The van der Waals surface area contributed by atoms with Crippen molar-refractivity contribution >= 4 is 12.1 Å². The first-order valence-electron chi connectivity index (χ1n) is 10.6. The van der Waals surface area contributed by atoms with Crippen molar-refractivity contribution in [2.24, 2.45) is 0 Å². The number of rotatable bonds is 16. The fourth-order valence-corrected chi connectivity index (χ4v) is 2.46. The molecule has 0 aromatic carbocycles. The maximum Gasteiger partial charge on any atom is 0.407 e. The summed E-state index contributed by atoms with van der Waals surface area (Å²) in [6, 6.07) is 0. The van der Waals surface area contributed by atoms with Crippen LogP contribution in [0.15, 0.2) is 0 Å². The molecule has 0 aliphatic rings. The number of aliphatic hydroxyl groups is 1. The first kappa shape index (κ1) is 27.6. The van der Waals surface area contributed by atoms with Gasteiger partial charge in [0.05, 0.1) is 31.0 Å². The van der Waals surface area contributed by atoms with Crippen molar-refractivity contribution in [2.75, 3.05) is 33.0 Å². The molecule has 32 heavy (non-hydrogen) atoms. The van der Waals surface area contributed by atoms with E-state index in [1.54, 1.807) is 0 Å². The third-order valence-corrected chi connectivity index (χ3v) is 4.46. The summed E-state index contributed by atoms with van der Waals surface area (Å²) in [6.07, 6.45) is 1.10. The zero-order valence-corrected chi connectivity index (χ0v) is 19.3. The van der Waals surface area contributed by atoms with E-state index in [0.29, 0.717) is 37.7 Å². The van der Waals surface area contributed by atoms with Gasteiger partial charge in [-0.3, -0.25) is 4.79 Å². The largest absolute Gasteiger partial charge is 0.481 e. The maximum absolute atomic E-state index is 11.7. The van der Waals surface area contributed by atoms with E-state index in [9.17, 15) is 9.59 Å². The van der Waals surface area contributed by atoms with Gasteiger partial charge >= 0.3 is 12.1 Å². The quantitative estimate of drug-likeness (QED) is 0.302. The van der Waals surface area contributed by atoms with Gasteiger partial charge < -0.3 is 29.7 Å². The summed E-state index contributed by atoms with van der Waals surface area (Å²) in [6.45, 7) is 8.59. The van der Waals surface area contributed by atoms with E-state index in [4.69, 9.17) is 24.4 Å². The summed E-state index contributed by atoms with van der Waals surface area (Å²) in [4.78, 5) is 22.4. The van der Waals surface area contributed by atoms with E-state index in [1.165, 1.54) is 0 Å². The second kappa shape index (κ2) is 13.9. The van der Waals surface area contributed by atoms with Crippen molar-refractivity contribution in [3.05, 3.63) is 11.6 Å². The Labute approximate surface area is 188 Å². The number of aromatic nitrogens is 4. The average Bonchev–Trinajstić information content (AvgIpc) is 2.71. The van der Waals surface area contributed by atoms with Gasteiger partial charge in [0.2, 0.25) is 0 Å². The number of aliphatic carboxylic acids is 1. The second-order valence-corrected chi connectivity index (χ2v) is 8.38. The van der Waals surface area contributed by atoms with Gasteiger partial charge in [-0.05, 0) is 40.5 Å². The number of hydrogen-bond acceptors (Lipinski definition) is 10. The van der Waals surface area contributed by atoms with Crippen molar-refractivity contribution in [3.63, 3.8) is 0 Å². The molecule has 0 aliphatic carbocycles. The molecule has 0 aliphatic heterocycles. The molecule has 0 atom stereocenters. The van der Waals surface area contributed by atoms with E-state index < -0.39 is 23.3 Å². The van der Waals surface area contributed by atoms with Crippen LogP contribution < -0.4 is 5.32 Å². The Kier molecular flexibility index (Phi) is 12.0. The van der Waals surface area contributed by atoms with Crippen molar-refractivity contribution in [1.82, 2.24) is 25.7 Å². The van der Waals surface area contributed by atoms with Crippen LogP contribution in [0.4, 0.5) is 4.79 Å². The Hall–Kier alpha value is -2.44. The summed E-state index contributed by atoms with van der Waals surface area (Å²) in [5.74, 6) is -0.143. The normalized spacial score (nSPS) is 11.9. The third kappa shape index (κ3) is 13.1. The Morgan fingerprint density at radius 2 is 1.44 bits per heavy atom. The van der Waals surface area contributed by atoms with Crippen LogP contribution >= 0.6 is 0 Å². The minimum absolute atomic E-state index is 0.0619. The highest BCUT2D eigenvalue weighted by atomic mass is 16.5. The van der Waals surface area contributed by atoms with Gasteiger partial charge in [-0.1, -0.05) is 0 Å². The summed E-state index contributed by atoms with van der Waals surface area (Å²) in [7, 11) is 0. The molecule has 0 spiro atoms. The number of ether oxygens (including phenoxy) is 3. The van der Waals surface area contributed by atoms with E-state index in [-0.39, 0.29) is 39.0 Å². The molecular weight excluding hydrogens is 422 g/mol. The van der Waals surface area contributed by atoms with Crippen LogP contribution in [0, 0.1) is 0 Å². The van der Waals surface area contributed by atoms with Crippen LogP contribution in [-0.4, -0.2) is 86.8 Å². The number of amides is 1. The zero-order chi connectivity index (χ0) is 24.0. The number of nitrogens with zero attached hydrogens (tertiary/aromatic N) is 4. The van der Waals surface area contributed by atoms with E-state index in [0.717, 1.165) is 0 Å². The lowest BCUT2D eigenvalue weighted by molar-refractivity contribution is -0.139. The molecule has 0 saturated carbocycles. The van der Waals surface area contributed by atoms with Crippen molar-refractivity contribution < 1.29 is 34.0 Å². The number of nitrogens with one attached hydrogen (secondary N) is 1. The Morgan fingerprint density at radius 3 is 2.03 bits per heavy atom. The topological polar surface area (TPSA) is 166 Å². The molecule has 3 N–H and O–H groups in total. The number of carbonyl (C=O) groups excluding carboxylic acids is 1. The van der Waals surface area contributed by atoms with Gasteiger partial charge in [0.25, 0.3) is 0 Å². The summed E-state index contributed by atoms with van der Waals surface area (Å²) >= 11 is 0. The van der Waals surface area contributed by atoms with Crippen LogP contribution in [0.2, 0.25) is 0 Å². The predicted molar refractivity (Wildman–Crippen MR) is 113 cm³/mol. The summed E-state index contributed by atoms with van der Waals surface area (Å²) in [5, 5.41) is 35.5. The molecule has 1 rings (SSSR count). The highest BCUT2D eigenvalue weighted by Crippen LogP contribution is 2.20. The molecule has 0 saturated heterocycles. The molecule has 1 aromatic rings. The van der Waals surface area contributed by atoms with Crippen molar-refractivity contribution in [3.8, 4) is 0 Å². The van der Waals surface area contributed by atoms with Crippen LogP contribution in [0.1, 0.15) is 58.6 Å². The number of alkyl carbamates (subject to hydrolysis) is 1. The van der Waals surface area contributed by atoms with Crippen molar-refractivity contribution in [2.45, 2.75) is 71.0 Å². The Morgan fingerprint density at radius 1 is 0.875 bits per heavy atom. The minimum atomic E-state index is -0.841. The van der Waals surface area contributed by atoms with Crippen molar-refractivity contribution in [1.29, 1.82) is 0 Å². The van der Waals surface area contributed by atoms with E-state index >= 15 is 0 Å². The Bertz CT molecular complexity index is 698. The minimum Gasteiger partial charge on any atom is -0.481 e. The number of carboxylic acid groups (broad SMARTS) is 1. The maximum atomic E-state index is 11.7. The van der Waals surface area contributed by atoms with Gasteiger partial charge in [-0.15, -0.1) is 20.4 Å². The second-order valence-electron chi connectivity index (χ2n) is 8.38. The summed E-state index contributed by atoms with van der Waals surface area (Å²) < 4.78 is 16.7. The molecule has 0 bridgehead atoms. The Balaban J connectivity index is 2.15. The zero-order valence-electron chi connectivity index (χ0n) is 19.3. The van der Waals surface area contributed by atoms with Crippen LogP contribution in [-0.2, 0) is 31.8 Å². The summed E-state index contributed by atoms with van der Waals surface area (Å²) in [5.41, 5.74) is -0.980. The molecule has 1 heterocycles. The first-order chi connectivity index (χ1) is 15.0. The fraction of sp³-hybridized carbons (Fsp3) is 0.800. The highest BCUT2D eigenvalue weighted by Gasteiger charge is 2.23. The predicted octanol–water partition coefficient (Wildman–Crippen LogP) is 0.915. The fourth-order valence-electron chi connectivity index (χ4n) is 2.46. The lowest BCUT2D eigenvalue weighted by atomic mass is 10.0. The molecule has 12 nitrogen and oxygen atoms in total. The smallest absolute Gasteiger partial charge is 0.407 e. The first-order valence-corrected chi connectivity index (χ1v) is 10.6.